The zero-order valence-electron chi connectivity index (χ0n) is 12.7. The highest BCUT2D eigenvalue weighted by atomic mass is 16.5. The number of hydrogen-bond acceptors (Lipinski definition) is 4. The van der Waals surface area contributed by atoms with Crippen molar-refractivity contribution >= 4 is 0 Å². The lowest BCUT2D eigenvalue weighted by molar-refractivity contribution is 0.346. The van der Waals surface area contributed by atoms with Crippen LogP contribution in [0.25, 0.3) is 0 Å². The average molecular weight is 285 g/mol. The van der Waals surface area contributed by atoms with E-state index in [9.17, 15) is 0 Å². The molecule has 0 fully saturated rings. The first-order valence-electron chi connectivity index (χ1n) is 7.78. The summed E-state index contributed by atoms with van der Waals surface area (Å²) in [4.78, 5) is 4.57. The Hall–Kier alpha value is -1.68. The Balaban J connectivity index is 1.70. The van der Waals surface area contributed by atoms with E-state index in [4.69, 9.17) is 10.3 Å². The van der Waals surface area contributed by atoms with Gasteiger partial charge >= 0.3 is 0 Å². The minimum absolute atomic E-state index is 0.0744. The molecule has 0 amide bonds. The van der Waals surface area contributed by atoms with Gasteiger partial charge in [-0.05, 0) is 36.3 Å². The summed E-state index contributed by atoms with van der Waals surface area (Å²) in [5.41, 5.74) is 8.95. The van der Waals surface area contributed by atoms with Crippen LogP contribution in [-0.4, -0.2) is 16.2 Å². The molecule has 2 unspecified atom stereocenters. The van der Waals surface area contributed by atoms with Crippen molar-refractivity contribution in [2.45, 2.75) is 51.5 Å². The van der Waals surface area contributed by atoms with Crippen molar-refractivity contribution in [2.24, 2.45) is 11.7 Å². The van der Waals surface area contributed by atoms with Crippen molar-refractivity contribution in [2.75, 3.05) is 0 Å². The van der Waals surface area contributed by atoms with Crippen LogP contribution in [0.1, 0.15) is 49.0 Å². The third-order valence-electron chi connectivity index (χ3n) is 4.46. The molecule has 1 aliphatic carbocycles. The van der Waals surface area contributed by atoms with Crippen LogP contribution in [0.2, 0.25) is 0 Å². The monoisotopic (exact) mass is 285 g/mol. The number of nitrogens with zero attached hydrogens (tertiary/aromatic N) is 2. The van der Waals surface area contributed by atoms with Crippen LogP contribution in [0.4, 0.5) is 0 Å². The number of hydrogen-bond donors (Lipinski definition) is 1. The lowest BCUT2D eigenvalue weighted by Crippen LogP contribution is -2.28. The van der Waals surface area contributed by atoms with Gasteiger partial charge in [-0.2, -0.15) is 4.98 Å². The largest absolute Gasteiger partial charge is 0.339 e. The van der Waals surface area contributed by atoms with Crippen LogP contribution in [0, 0.1) is 5.92 Å². The molecule has 2 aromatic rings. The summed E-state index contributed by atoms with van der Waals surface area (Å²) >= 11 is 0. The maximum Gasteiger partial charge on any atom is 0.228 e. The standard InChI is InChI=1S/C17H23N3O/c1-11(2)15(18)10-16-19-17(20-21-16)14-8-7-12-5-3-4-6-13(12)9-14/h3-6,11,14-15H,7-10,18H2,1-2H3. The van der Waals surface area contributed by atoms with Crippen LogP contribution >= 0.6 is 0 Å². The van der Waals surface area contributed by atoms with Crippen molar-refractivity contribution < 1.29 is 4.52 Å². The molecule has 2 N–H and O–H groups in total. The van der Waals surface area contributed by atoms with E-state index < -0.39 is 0 Å². The SMILES string of the molecule is CC(C)C(N)Cc1nc(C2CCc3ccccc3C2)no1. The minimum atomic E-state index is 0.0744. The highest BCUT2D eigenvalue weighted by Gasteiger charge is 2.24. The molecule has 0 bridgehead atoms. The maximum atomic E-state index is 6.07. The maximum absolute atomic E-state index is 6.07. The van der Waals surface area contributed by atoms with Crippen molar-refractivity contribution in [3.05, 3.63) is 47.1 Å². The molecule has 1 aromatic carbocycles. The Labute approximate surface area is 125 Å². The second-order valence-electron chi connectivity index (χ2n) is 6.37. The molecule has 0 saturated heterocycles. The summed E-state index contributed by atoms with van der Waals surface area (Å²) in [6.45, 7) is 4.22. The molecular formula is C17H23N3O. The Morgan fingerprint density at radius 2 is 2.05 bits per heavy atom. The van der Waals surface area contributed by atoms with Gasteiger partial charge in [0, 0.05) is 18.4 Å². The summed E-state index contributed by atoms with van der Waals surface area (Å²) in [7, 11) is 0. The first-order chi connectivity index (χ1) is 10.1. The smallest absolute Gasteiger partial charge is 0.228 e. The minimum Gasteiger partial charge on any atom is -0.339 e. The molecule has 0 radical (unpaired) electrons. The number of nitrogens with two attached hydrogens (primary N) is 1. The molecular weight excluding hydrogens is 262 g/mol. The summed E-state index contributed by atoms with van der Waals surface area (Å²) in [6.07, 6.45) is 3.85. The van der Waals surface area contributed by atoms with E-state index in [0.717, 1.165) is 25.1 Å². The van der Waals surface area contributed by atoms with Crippen molar-refractivity contribution in [3.63, 3.8) is 0 Å². The van der Waals surface area contributed by atoms with Gasteiger partial charge in [0.05, 0.1) is 0 Å². The van der Waals surface area contributed by atoms with Crippen LogP contribution in [0.5, 0.6) is 0 Å². The van der Waals surface area contributed by atoms with Gasteiger partial charge in [-0.25, -0.2) is 0 Å². The summed E-state index contributed by atoms with van der Waals surface area (Å²) in [5, 5.41) is 4.18. The fourth-order valence-electron chi connectivity index (χ4n) is 2.87. The molecule has 1 heterocycles. The van der Waals surface area contributed by atoms with Crippen LogP contribution in [0.15, 0.2) is 28.8 Å². The molecule has 4 heteroatoms. The van der Waals surface area contributed by atoms with Gasteiger partial charge in [-0.3, -0.25) is 0 Å². The molecule has 112 valence electrons. The Kier molecular flexibility index (Phi) is 4.06. The van der Waals surface area contributed by atoms with E-state index in [0.29, 0.717) is 24.1 Å². The molecule has 1 aliphatic rings. The number of benzene rings is 1. The first-order valence-corrected chi connectivity index (χ1v) is 7.78. The first kappa shape index (κ1) is 14.3. The third-order valence-corrected chi connectivity index (χ3v) is 4.46. The molecule has 4 nitrogen and oxygen atoms in total. The molecule has 0 saturated carbocycles. The van der Waals surface area contributed by atoms with E-state index in [2.05, 4.69) is 48.3 Å². The predicted octanol–water partition coefficient (Wildman–Crippen LogP) is 2.87. The molecule has 0 aliphatic heterocycles. The highest BCUT2D eigenvalue weighted by Crippen LogP contribution is 2.31. The summed E-state index contributed by atoms with van der Waals surface area (Å²) in [5.74, 6) is 2.30. The fraction of sp³-hybridized carbons (Fsp3) is 0.529. The second kappa shape index (κ2) is 5.98. The Bertz CT molecular complexity index is 606. The van der Waals surface area contributed by atoms with Gasteiger partial charge in [0.15, 0.2) is 5.82 Å². The Morgan fingerprint density at radius 1 is 1.29 bits per heavy atom. The predicted molar refractivity (Wildman–Crippen MR) is 82.0 cm³/mol. The topological polar surface area (TPSA) is 64.9 Å². The van der Waals surface area contributed by atoms with E-state index in [1.165, 1.54) is 11.1 Å². The van der Waals surface area contributed by atoms with Gasteiger partial charge in [0.1, 0.15) is 0 Å². The van der Waals surface area contributed by atoms with Gasteiger partial charge in [0.25, 0.3) is 0 Å². The van der Waals surface area contributed by atoms with Crippen molar-refractivity contribution in [1.82, 2.24) is 10.1 Å². The van der Waals surface area contributed by atoms with E-state index in [1.54, 1.807) is 0 Å². The van der Waals surface area contributed by atoms with E-state index in [-0.39, 0.29) is 6.04 Å². The van der Waals surface area contributed by atoms with Gasteiger partial charge < -0.3 is 10.3 Å². The van der Waals surface area contributed by atoms with Crippen LogP contribution in [-0.2, 0) is 19.3 Å². The molecule has 0 spiro atoms. The van der Waals surface area contributed by atoms with Crippen LogP contribution < -0.4 is 5.73 Å². The number of aromatic nitrogens is 2. The van der Waals surface area contributed by atoms with Gasteiger partial charge in [-0.15, -0.1) is 0 Å². The average Bonchev–Trinajstić information content (AvgIpc) is 2.95. The van der Waals surface area contributed by atoms with Gasteiger partial charge in [-0.1, -0.05) is 43.3 Å². The lowest BCUT2D eigenvalue weighted by atomic mass is 9.83. The number of fused-ring (bicyclic) bond motifs is 1. The van der Waals surface area contributed by atoms with Crippen LogP contribution in [0.3, 0.4) is 0 Å². The second-order valence-corrected chi connectivity index (χ2v) is 6.37. The molecule has 1 aromatic heterocycles. The molecule has 3 rings (SSSR count). The number of aryl methyl sites for hydroxylation is 1. The summed E-state index contributed by atoms with van der Waals surface area (Å²) in [6, 6.07) is 8.71. The lowest BCUT2D eigenvalue weighted by Gasteiger charge is -2.21. The van der Waals surface area contributed by atoms with Crippen molar-refractivity contribution in [3.8, 4) is 0 Å². The highest BCUT2D eigenvalue weighted by molar-refractivity contribution is 5.31. The zero-order chi connectivity index (χ0) is 14.8. The zero-order valence-corrected chi connectivity index (χ0v) is 12.7. The van der Waals surface area contributed by atoms with E-state index in [1.807, 2.05) is 0 Å². The molecule has 2 atom stereocenters. The number of rotatable bonds is 4. The van der Waals surface area contributed by atoms with Crippen molar-refractivity contribution in [1.29, 1.82) is 0 Å². The molecule has 21 heavy (non-hydrogen) atoms. The Morgan fingerprint density at radius 3 is 2.81 bits per heavy atom. The van der Waals surface area contributed by atoms with E-state index >= 15 is 0 Å². The van der Waals surface area contributed by atoms with Gasteiger partial charge in [0.2, 0.25) is 5.89 Å². The fourth-order valence-corrected chi connectivity index (χ4v) is 2.87. The third kappa shape index (κ3) is 3.16. The summed E-state index contributed by atoms with van der Waals surface area (Å²) < 4.78 is 5.39. The normalized spacial score (nSPS) is 19.5. The quantitative estimate of drug-likeness (QED) is 0.938.